The molecule has 0 fully saturated rings. The fourth-order valence-corrected chi connectivity index (χ4v) is 1.70. The summed E-state index contributed by atoms with van der Waals surface area (Å²) in [5, 5.41) is 5.84. The summed E-state index contributed by atoms with van der Waals surface area (Å²) >= 11 is 0. The Morgan fingerprint density at radius 2 is 2.00 bits per heavy atom. The molecule has 0 aliphatic carbocycles. The first-order valence-corrected chi connectivity index (χ1v) is 6.83. The van der Waals surface area contributed by atoms with Gasteiger partial charge in [-0.25, -0.2) is 9.97 Å². The van der Waals surface area contributed by atoms with Crippen molar-refractivity contribution in [3.63, 3.8) is 0 Å². The molecule has 0 saturated carbocycles. The number of hydrogen-bond acceptors (Lipinski definition) is 5. The maximum absolute atomic E-state index is 12.1. The molecule has 0 aromatic carbocycles. The molecule has 2 aromatic rings. The van der Waals surface area contributed by atoms with Crippen molar-refractivity contribution in [3.05, 3.63) is 42.2 Å². The summed E-state index contributed by atoms with van der Waals surface area (Å²) in [6, 6.07) is 6.96. The van der Waals surface area contributed by atoms with Crippen LogP contribution in [0.5, 0.6) is 5.88 Å². The normalized spacial score (nSPS) is 10.0. The number of hydrogen-bond donors (Lipinski definition) is 2. The number of aromatic nitrogens is 2. The summed E-state index contributed by atoms with van der Waals surface area (Å²) in [5.74, 6) is 1.06. The summed E-state index contributed by atoms with van der Waals surface area (Å²) in [4.78, 5) is 20.3. The van der Waals surface area contributed by atoms with Crippen molar-refractivity contribution in [2.75, 3.05) is 23.8 Å². The van der Waals surface area contributed by atoms with Gasteiger partial charge in [0.15, 0.2) is 0 Å². The van der Waals surface area contributed by atoms with Gasteiger partial charge >= 0.3 is 0 Å². The number of carbonyl (C=O) groups excluding carboxylic acids is 1. The second kappa shape index (κ2) is 7.23. The van der Waals surface area contributed by atoms with Gasteiger partial charge in [-0.2, -0.15) is 0 Å². The van der Waals surface area contributed by atoms with Crippen LogP contribution in [-0.2, 0) is 0 Å². The number of nitrogens with zero attached hydrogens (tertiary/aromatic N) is 2. The summed E-state index contributed by atoms with van der Waals surface area (Å²) in [5.41, 5.74) is 1.10. The molecule has 6 nitrogen and oxygen atoms in total. The van der Waals surface area contributed by atoms with Crippen LogP contribution < -0.4 is 15.4 Å². The van der Waals surface area contributed by atoms with Gasteiger partial charge in [-0.15, -0.1) is 0 Å². The maximum atomic E-state index is 12.1. The average Bonchev–Trinajstić information content (AvgIpc) is 2.50. The summed E-state index contributed by atoms with van der Waals surface area (Å²) < 4.78 is 5.25. The van der Waals surface area contributed by atoms with Gasteiger partial charge in [0.05, 0.1) is 24.1 Å². The van der Waals surface area contributed by atoms with Crippen LogP contribution in [0.15, 0.2) is 36.7 Å². The van der Waals surface area contributed by atoms with Gasteiger partial charge in [0, 0.05) is 18.8 Å². The molecule has 2 rings (SSSR count). The predicted molar refractivity (Wildman–Crippen MR) is 81.8 cm³/mol. The number of ether oxygens (including phenoxy) is 1. The Kier molecular flexibility index (Phi) is 5.09. The smallest absolute Gasteiger partial charge is 0.257 e. The predicted octanol–water partition coefficient (Wildman–Crippen LogP) is 2.56. The van der Waals surface area contributed by atoms with E-state index in [4.69, 9.17) is 4.74 Å². The third kappa shape index (κ3) is 4.17. The van der Waals surface area contributed by atoms with E-state index < -0.39 is 0 Å². The number of carbonyl (C=O) groups is 1. The number of nitrogens with one attached hydrogen (secondary N) is 2. The number of pyridine rings is 2. The van der Waals surface area contributed by atoms with Crippen molar-refractivity contribution < 1.29 is 9.53 Å². The molecule has 0 radical (unpaired) electrons. The zero-order valence-corrected chi connectivity index (χ0v) is 12.1. The van der Waals surface area contributed by atoms with E-state index in [-0.39, 0.29) is 5.91 Å². The third-order valence-corrected chi connectivity index (χ3v) is 2.67. The lowest BCUT2D eigenvalue weighted by Gasteiger charge is -2.07. The Morgan fingerprint density at radius 1 is 1.14 bits per heavy atom. The van der Waals surface area contributed by atoms with E-state index in [0.29, 0.717) is 23.7 Å². The fraction of sp³-hybridized carbons (Fsp3) is 0.267. The van der Waals surface area contributed by atoms with Gasteiger partial charge < -0.3 is 15.4 Å². The zero-order valence-electron chi connectivity index (χ0n) is 12.1. The summed E-state index contributed by atoms with van der Waals surface area (Å²) in [6.45, 7) is 5.22. The molecule has 0 spiro atoms. The molecule has 2 N–H and O–H groups in total. The van der Waals surface area contributed by atoms with Crippen LogP contribution in [0.25, 0.3) is 0 Å². The van der Waals surface area contributed by atoms with Gasteiger partial charge in [0.25, 0.3) is 5.91 Å². The van der Waals surface area contributed by atoms with E-state index in [1.807, 2.05) is 13.8 Å². The molecule has 0 aliphatic heterocycles. The lowest BCUT2D eigenvalue weighted by Crippen LogP contribution is -2.12. The number of anilines is 2. The van der Waals surface area contributed by atoms with Crippen LogP contribution in [0.1, 0.15) is 24.2 Å². The molecule has 0 aliphatic rings. The van der Waals surface area contributed by atoms with Crippen LogP contribution in [-0.4, -0.2) is 29.0 Å². The lowest BCUT2D eigenvalue weighted by atomic mass is 10.2. The van der Waals surface area contributed by atoms with E-state index in [1.165, 1.54) is 6.20 Å². The van der Waals surface area contributed by atoms with Crippen molar-refractivity contribution in [1.29, 1.82) is 0 Å². The lowest BCUT2D eigenvalue weighted by molar-refractivity contribution is 0.102. The highest BCUT2D eigenvalue weighted by Crippen LogP contribution is 2.13. The Bertz CT molecular complexity index is 582. The van der Waals surface area contributed by atoms with Crippen LogP contribution >= 0.6 is 0 Å². The highest BCUT2D eigenvalue weighted by Gasteiger charge is 2.07. The van der Waals surface area contributed by atoms with Gasteiger partial charge in [-0.3, -0.25) is 4.79 Å². The van der Waals surface area contributed by atoms with Crippen molar-refractivity contribution in [2.45, 2.75) is 13.8 Å². The molecule has 21 heavy (non-hydrogen) atoms. The Labute approximate surface area is 123 Å². The molecule has 2 aromatic heterocycles. The maximum Gasteiger partial charge on any atom is 0.257 e. The molecule has 1 amide bonds. The third-order valence-electron chi connectivity index (χ3n) is 2.67. The molecular weight excluding hydrogens is 268 g/mol. The Morgan fingerprint density at radius 3 is 2.57 bits per heavy atom. The SMILES string of the molecule is CCNc1ccc(C(=O)Nc2ccc(OCC)nc2)cn1. The van der Waals surface area contributed by atoms with Crippen LogP contribution in [0.4, 0.5) is 11.5 Å². The van der Waals surface area contributed by atoms with Gasteiger partial charge in [-0.05, 0) is 32.0 Å². The van der Waals surface area contributed by atoms with E-state index >= 15 is 0 Å². The standard InChI is InChI=1S/C15H18N4O2/c1-3-16-13-7-5-11(9-17-13)15(20)19-12-6-8-14(18-10-12)21-4-2/h5-10H,3-4H2,1-2H3,(H,16,17)(H,19,20). The van der Waals surface area contributed by atoms with Crippen LogP contribution in [0.2, 0.25) is 0 Å². The second-order valence-corrected chi connectivity index (χ2v) is 4.23. The summed E-state index contributed by atoms with van der Waals surface area (Å²) in [7, 11) is 0. The monoisotopic (exact) mass is 286 g/mol. The van der Waals surface area contributed by atoms with E-state index in [0.717, 1.165) is 12.4 Å². The molecule has 0 saturated heterocycles. The molecule has 110 valence electrons. The first-order chi connectivity index (χ1) is 10.2. The first-order valence-electron chi connectivity index (χ1n) is 6.83. The first kappa shape index (κ1) is 14.8. The summed E-state index contributed by atoms with van der Waals surface area (Å²) in [6.07, 6.45) is 3.10. The number of amides is 1. The van der Waals surface area contributed by atoms with Gasteiger partial charge in [-0.1, -0.05) is 0 Å². The average molecular weight is 286 g/mol. The van der Waals surface area contributed by atoms with Crippen LogP contribution in [0, 0.1) is 0 Å². The van der Waals surface area contributed by atoms with Gasteiger partial charge in [0.1, 0.15) is 5.82 Å². The minimum Gasteiger partial charge on any atom is -0.478 e. The number of rotatable bonds is 6. The zero-order chi connectivity index (χ0) is 15.1. The minimum atomic E-state index is -0.225. The van der Waals surface area contributed by atoms with E-state index in [1.54, 1.807) is 30.5 Å². The van der Waals surface area contributed by atoms with Crippen molar-refractivity contribution >= 4 is 17.4 Å². The molecule has 0 bridgehead atoms. The fourth-order valence-electron chi connectivity index (χ4n) is 1.70. The largest absolute Gasteiger partial charge is 0.478 e. The van der Waals surface area contributed by atoms with E-state index in [9.17, 15) is 4.79 Å². The molecule has 0 unspecified atom stereocenters. The second-order valence-electron chi connectivity index (χ2n) is 4.23. The van der Waals surface area contributed by atoms with E-state index in [2.05, 4.69) is 20.6 Å². The van der Waals surface area contributed by atoms with Gasteiger partial charge in [0.2, 0.25) is 5.88 Å². The van der Waals surface area contributed by atoms with Crippen LogP contribution in [0.3, 0.4) is 0 Å². The molecule has 6 heteroatoms. The molecule has 0 atom stereocenters. The minimum absolute atomic E-state index is 0.225. The Balaban J connectivity index is 2.00. The topological polar surface area (TPSA) is 76.1 Å². The highest BCUT2D eigenvalue weighted by atomic mass is 16.5. The van der Waals surface area contributed by atoms with Crippen molar-refractivity contribution in [3.8, 4) is 5.88 Å². The highest BCUT2D eigenvalue weighted by molar-refractivity contribution is 6.04. The molecule has 2 heterocycles. The van der Waals surface area contributed by atoms with Crippen molar-refractivity contribution in [1.82, 2.24) is 9.97 Å². The quantitative estimate of drug-likeness (QED) is 0.853. The Hall–Kier alpha value is -2.63. The molecular formula is C15H18N4O2. The van der Waals surface area contributed by atoms with Crippen molar-refractivity contribution in [2.24, 2.45) is 0 Å².